The summed E-state index contributed by atoms with van der Waals surface area (Å²) in [7, 11) is 0. The molecule has 0 radical (unpaired) electrons. The van der Waals surface area contributed by atoms with Crippen LogP contribution in [0.4, 0.5) is 8.78 Å². The molecule has 27 heavy (non-hydrogen) atoms. The quantitative estimate of drug-likeness (QED) is 0.707. The first-order valence-electron chi connectivity index (χ1n) is 9.12. The van der Waals surface area contributed by atoms with E-state index >= 15 is 0 Å². The second-order valence-electron chi connectivity index (χ2n) is 6.99. The molecule has 0 aromatic heterocycles. The van der Waals surface area contributed by atoms with Gasteiger partial charge in [0.15, 0.2) is 0 Å². The van der Waals surface area contributed by atoms with E-state index in [2.05, 4.69) is 0 Å². The second kappa shape index (κ2) is 8.12. The Kier molecular flexibility index (Phi) is 5.84. The van der Waals surface area contributed by atoms with E-state index in [4.69, 9.17) is 0 Å². The lowest BCUT2D eigenvalue weighted by molar-refractivity contribution is -0.133. The number of hydrogen-bond acceptors (Lipinski definition) is 4. The van der Waals surface area contributed by atoms with E-state index in [1.807, 2.05) is 6.92 Å². The fourth-order valence-corrected chi connectivity index (χ4v) is 3.53. The van der Waals surface area contributed by atoms with Crippen molar-refractivity contribution < 1.29 is 23.2 Å². The molecule has 2 aliphatic rings. The minimum absolute atomic E-state index is 0.0702. The Bertz CT molecular complexity index is 746. The molecule has 3 amide bonds. The molecule has 3 rings (SSSR count). The van der Waals surface area contributed by atoms with Crippen LogP contribution < -0.4 is 0 Å². The van der Waals surface area contributed by atoms with Gasteiger partial charge in [-0.15, -0.1) is 0 Å². The Morgan fingerprint density at radius 2 is 1.74 bits per heavy atom. The first-order chi connectivity index (χ1) is 12.9. The third-order valence-corrected chi connectivity index (χ3v) is 5.02. The molecule has 1 aromatic rings. The number of benzene rings is 1. The normalized spacial score (nSPS) is 17.8. The van der Waals surface area contributed by atoms with E-state index in [0.717, 1.165) is 5.56 Å². The number of alkyl halides is 2. The van der Waals surface area contributed by atoms with Gasteiger partial charge in [0.1, 0.15) is 0 Å². The van der Waals surface area contributed by atoms with Crippen LogP contribution in [0.25, 0.3) is 0 Å². The number of nitrogens with zero attached hydrogens (tertiary/aromatic N) is 3. The molecule has 6 nitrogen and oxygen atoms in total. The van der Waals surface area contributed by atoms with Gasteiger partial charge in [0, 0.05) is 39.1 Å². The van der Waals surface area contributed by atoms with Gasteiger partial charge < -0.3 is 4.90 Å². The number of fused-ring (bicyclic) bond motifs is 1. The molecule has 8 heteroatoms. The first kappa shape index (κ1) is 19.4. The van der Waals surface area contributed by atoms with Gasteiger partial charge in [0.05, 0.1) is 17.7 Å². The van der Waals surface area contributed by atoms with Crippen LogP contribution in [-0.4, -0.2) is 78.1 Å². The number of carbonyl (C=O) groups is 3. The summed E-state index contributed by atoms with van der Waals surface area (Å²) < 4.78 is 24.8. The minimum Gasteiger partial charge on any atom is -0.340 e. The highest BCUT2D eigenvalue weighted by Gasteiger charge is 2.35. The second-order valence-corrected chi connectivity index (χ2v) is 6.99. The van der Waals surface area contributed by atoms with Crippen LogP contribution in [0.3, 0.4) is 0 Å². The van der Waals surface area contributed by atoms with E-state index in [1.54, 1.807) is 28.0 Å². The third kappa shape index (κ3) is 4.32. The van der Waals surface area contributed by atoms with E-state index < -0.39 is 6.43 Å². The summed E-state index contributed by atoms with van der Waals surface area (Å²) in [6.07, 6.45) is -1.75. The monoisotopic (exact) mass is 379 g/mol. The van der Waals surface area contributed by atoms with E-state index in [1.165, 1.54) is 4.90 Å². The van der Waals surface area contributed by atoms with Crippen LogP contribution in [0, 0.1) is 6.92 Å². The molecule has 146 valence electrons. The number of aryl methyl sites for hydroxylation is 1. The molecule has 2 aliphatic heterocycles. The smallest absolute Gasteiger partial charge is 0.261 e. The van der Waals surface area contributed by atoms with E-state index in [9.17, 15) is 23.2 Å². The summed E-state index contributed by atoms with van der Waals surface area (Å²) in [5.41, 5.74) is 1.74. The molecular weight excluding hydrogens is 356 g/mol. The average Bonchev–Trinajstić information content (AvgIpc) is 2.86. The van der Waals surface area contributed by atoms with Crippen LogP contribution in [0.5, 0.6) is 0 Å². The maximum absolute atomic E-state index is 12.4. The molecule has 1 fully saturated rings. The van der Waals surface area contributed by atoms with Crippen LogP contribution in [0.15, 0.2) is 18.2 Å². The topological polar surface area (TPSA) is 60.9 Å². The molecule has 1 aromatic carbocycles. The average molecular weight is 379 g/mol. The number of amides is 3. The van der Waals surface area contributed by atoms with Gasteiger partial charge in [-0.25, -0.2) is 8.78 Å². The van der Waals surface area contributed by atoms with Crippen LogP contribution >= 0.6 is 0 Å². The number of piperazine rings is 1. The summed E-state index contributed by atoms with van der Waals surface area (Å²) in [4.78, 5) is 41.6. The SMILES string of the molecule is Cc1ccc2c(c1)C(=O)N(CCCC(=O)N1CCN(CC(F)F)CC1)C2=O. The van der Waals surface area contributed by atoms with Crippen molar-refractivity contribution in [3.8, 4) is 0 Å². The number of halogens is 2. The summed E-state index contributed by atoms with van der Waals surface area (Å²) in [5, 5.41) is 0. The number of carbonyl (C=O) groups excluding carboxylic acids is 3. The van der Waals surface area contributed by atoms with Crippen molar-refractivity contribution in [3.63, 3.8) is 0 Å². The van der Waals surface area contributed by atoms with Gasteiger partial charge in [-0.3, -0.25) is 24.2 Å². The Balaban J connectivity index is 1.46. The molecule has 0 aliphatic carbocycles. The van der Waals surface area contributed by atoms with Gasteiger partial charge >= 0.3 is 0 Å². The third-order valence-electron chi connectivity index (χ3n) is 5.02. The summed E-state index contributed by atoms with van der Waals surface area (Å²) in [6, 6.07) is 5.17. The van der Waals surface area contributed by atoms with Crippen LogP contribution in [-0.2, 0) is 4.79 Å². The van der Waals surface area contributed by atoms with Gasteiger partial charge in [-0.2, -0.15) is 0 Å². The lowest BCUT2D eigenvalue weighted by Gasteiger charge is -2.34. The Hall–Kier alpha value is -2.35. The molecule has 0 N–H and O–H groups in total. The molecular formula is C19H23F2N3O3. The largest absolute Gasteiger partial charge is 0.340 e. The van der Waals surface area contributed by atoms with Crippen LogP contribution in [0.1, 0.15) is 39.1 Å². The molecule has 0 spiro atoms. The lowest BCUT2D eigenvalue weighted by Crippen LogP contribution is -2.49. The van der Waals surface area contributed by atoms with Crippen molar-refractivity contribution in [1.82, 2.24) is 14.7 Å². The molecule has 2 heterocycles. The molecule has 0 atom stereocenters. The predicted octanol–water partition coefficient (Wildman–Crippen LogP) is 1.78. The van der Waals surface area contributed by atoms with E-state index in [-0.39, 0.29) is 37.2 Å². The maximum atomic E-state index is 12.4. The summed E-state index contributed by atoms with van der Waals surface area (Å²) in [5.74, 6) is -0.700. The predicted molar refractivity (Wildman–Crippen MR) is 94.8 cm³/mol. The highest BCUT2D eigenvalue weighted by molar-refractivity contribution is 6.21. The lowest BCUT2D eigenvalue weighted by atomic mass is 10.1. The zero-order valence-electron chi connectivity index (χ0n) is 15.3. The summed E-state index contributed by atoms with van der Waals surface area (Å²) >= 11 is 0. The highest BCUT2D eigenvalue weighted by Crippen LogP contribution is 2.24. The Morgan fingerprint density at radius 1 is 1.07 bits per heavy atom. The first-order valence-corrected chi connectivity index (χ1v) is 9.12. The van der Waals surface area contributed by atoms with Gasteiger partial charge in [-0.05, 0) is 25.5 Å². The number of hydrogen-bond donors (Lipinski definition) is 0. The molecule has 0 unspecified atom stereocenters. The Labute approximate surface area is 156 Å². The van der Waals surface area contributed by atoms with Crippen molar-refractivity contribution in [2.24, 2.45) is 0 Å². The molecule has 0 bridgehead atoms. The fourth-order valence-electron chi connectivity index (χ4n) is 3.53. The zero-order valence-corrected chi connectivity index (χ0v) is 15.3. The fraction of sp³-hybridized carbons (Fsp3) is 0.526. The van der Waals surface area contributed by atoms with E-state index in [0.29, 0.717) is 43.7 Å². The number of rotatable bonds is 6. The van der Waals surface area contributed by atoms with Crippen molar-refractivity contribution in [2.75, 3.05) is 39.3 Å². The number of imide groups is 1. The summed E-state index contributed by atoms with van der Waals surface area (Å²) in [6.45, 7) is 3.53. The van der Waals surface area contributed by atoms with Crippen molar-refractivity contribution in [2.45, 2.75) is 26.2 Å². The van der Waals surface area contributed by atoms with Gasteiger partial charge in [0.2, 0.25) is 5.91 Å². The van der Waals surface area contributed by atoms with Crippen molar-refractivity contribution >= 4 is 17.7 Å². The molecule has 1 saturated heterocycles. The zero-order chi connectivity index (χ0) is 19.6. The maximum Gasteiger partial charge on any atom is 0.261 e. The minimum atomic E-state index is -2.37. The van der Waals surface area contributed by atoms with Crippen LogP contribution in [0.2, 0.25) is 0 Å². The van der Waals surface area contributed by atoms with Gasteiger partial charge in [-0.1, -0.05) is 11.6 Å². The van der Waals surface area contributed by atoms with Gasteiger partial charge in [0.25, 0.3) is 18.2 Å². The Morgan fingerprint density at radius 3 is 2.41 bits per heavy atom. The van der Waals surface area contributed by atoms with Crippen molar-refractivity contribution in [3.05, 3.63) is 34.9 Å². The standard InChI is InChI=1S/C19H23F2N3O3/c1-13-4-5-14-15(11-13)19(27)24(18(14)26)6-2-3-17(25)23-9-7-22(8-10-23)12-16(20)21/h4-5,11,16H,2-3,6-10,12H2,1H3. The molecule has 0 saturated carbocycles. The van der Waals surface area contributed by atoms with Crippen molar-refractivity contribution in [1.29, 1.82) is 0 Å². The highest BCUT2D eigenvalue weighted by atomic mass is 19.3.